The minimum absolute atomic E-state index is 0.270. The van der Waals surface area contributed by atoms with E-state index in [-0.39, 0.29) is 12.1 Å². The Kier molecular flexibility index (Phi) is 4.70. The van der Waals surface area contributed by atoms with Crippen molar-refractivity contribution in [2.75, 3.05) is 36.5 Å². The van der Waals surface area contributed by atoms with Crippen LogP contribution in [-0.4, -0.2) is 52.5 Å². The fourth-order valence-electron chi connectivity index (χ4n) is 3.10. The standard InChI is InChI=1S/C17H23N7O2/c1-12(16-20-21-22-24(16)14-5-6-14)18-17(25)19-13-3-2-4-15(11-13)23-7-9-26-10-8-23/h2-4,11-12,14H,5-10H2,1H3,(H2,18,19,25)/t12-/m1/s1. The molecule has 0 radical (unpaired) electrons. The number of rotatable bonds is 5. The molecule has 1 aliphatic heterocycles. The lowest BCUT2D eigenvalue weighted by atomic mass is 10.2. The Labute approximate surface area is 151 Å². The summed E-state index contributed by atoms with van der Waals surface area (Å²) >= 11 is 0. The van der Waals surface area contributed by atoms with Gasteiger partial charge in [-0.1, -0.05) is 6.07 Å². The van der Waals surface area contributed by atoms with Gasteiger partial charge in [-0.25, -0.2) is 9.48 Å². The van der Waals surface area contributed by atoms with Gasteiger partial charge in [0.1, 0.15) is 0 Å². The molecule has 1 aromatic heterocycles. The van der Waals surface area contributed by atoms with E-state index in [9.17, 15) is 4.79 Å². The number of morpholine rings is 1. The van der Waals surface area contributed by atoms with Crippen molar-refractivity contribution in [2.24, 2.45) is 0 Å². The van der Waals surface area contributed by atoms with Gasteiger partial charge in [0.05, 0.1) is 25.3 Å². The minimum Gasteiger partial charge on any atom is -0.378 e. The van der Waals surface area contributed by atoms with Crippen molar-refractivity contribution in [3.63, 3.8) is 0 Å². The SMILES string of the molecule is C[C@@H](NC(=O)Nc1cccc(N2CCOCC2)c1)c1nnnn1C1CC1. The van der Waals surface area contributed by atoms with Gasteiger partial charge in [0, 0.05) is 24.5 Å². The summed E-state index contributed by atoms with van der Waals surface area (Å²) < 4.78 is 7.20. The topological polar surface area (TPSA) is 97.2 Å². The molecule has 26 heavy (non-hydrogen) atoms. The number of anilines is 2. The number of ether oxygens (including phenoxy) is 1. The first-order chi connectivity index (χ1) is 12.7. The number of tetrazole rings is 1. The summed E-state index contributed by atoms with van der Waals surface area (Å²) in [5.74, 6) is 0.685. The van der Waals surface area contributed by atoms with Crippen LogP contribution in [0, 0.1) is 0 Å². The number of hydrogen-bond acceptors (Lipinski definition) is 6. The van der Waals surface area contributed by atoms with Crippen molar-refractivity contribution in [1.29, 1.82) is 0 Å². The second-order valence-corrected chi connectivity index (χ2v) is 6.68. The van der Waals surface area contributed by atoms with Crippen LogP contribution < -0.4 is 15.5 Å². The van der Waals surface area contributed by atoms with Crippen LogP contribution >= 0.6 is 0 Å². The van der Waals surface area contributed by atoms with Crippen molar-refractivity contribution < 1.29 is 9.53 Å². The van der Waals surface area contributed by atoms with Crippen LogP contribution in [0.3, 0.4) is 0 Å². The Morgan fingerprint density at radius 1 is 1.31 bits per heavy atom. The molecular weight excluding hydrogens is 334 g/mol. The van der Waals surface area contributed by atoms with E-state index >= 15 is 0 Å². The molecule has 4 rings (SSSR count). The molecule has 1 aliphatic carbocycles. The molecule has 9 nitrogen and oxygen atoms in total. The number of urea groups is 1. The third-order valence-corrected chi connectivity index (χ3v) is 4.63. The number of carbonyl (C=O) groups is 1. The summed E-state index contributed by atoms with van der Waals surface area (Å²) in [6.45, 7) is 5.05. The van der Waals surface area contributed by atoms with E-state index in [1.54, 1.807) is 0 Å². The number of hydrogen-bond donors (Lipinski definition) is 2. The molecular formula is C17H23N7O2. The van der Waals surface area contributed by atoms with E-state index in [0.717, 1.165) is 50.5 Å². The molecule has 2 heterocycles. The van der Waals surface area contributed by atoms with E-state index in [0.29, 0.717) is 11.9 Å². The number of aromatic nitrogens is 4. The molecule has 0 bridgehead atoms. The van der Waals surface area contributed by atoms with Gasteiger partial charge >= 0.3 is 6.03 Å². The van der Waals surface area contributed by atoms with Crippen LogP contribution in [0.5, 0.6) is 0 Å². The van der Waals surface area contributed by atoms with E-state index in [1.165, 1.54) is 0 Å². The average molecular weight is 357 g/mol. The molecule has 138 valence electrons. The molecule has 1 aromatic carbocycles. The van der Waals surface area contributed by atoms with Gasteiger partial charge in [0.25, 0.3) is 0 Å². The summed E-state index contributed by atoms with van der Waals surface area (Å²) in [6.07, 6.45) is 2.18. The zero-order valence-corrected chi connectivity index (χ0v) is 14.8. The molecule has 0 unspecified atom stereocenters. The molecule has 9 heteroatoms. The summed E-state index contributed by atoms with van der Waals surface area (Å²) in [4.78, 5) is 14.6. The molecule has 2 fully saturated rings. The first-order valence-corrected chi connectivity index (χ1v) is 8.99. The van der Waals surface area contributed by atoms with Gasteiger partial charge in [-0.3, -0.25) is 0 Å². The Hall–Kier alpha value is -2.68. The Bertz CT molecular complexity index is 768. The van der Waals surface area contributed by atoms with Crippen LogP contribution in [0.1, 0.15) is 37.7 Å². The summed E-state index contributed by atoms with van der Waals surface area (Å²) in [5, 5.41) is 17.6. The van der Waals surface area contributed by atoms with Gasteiger partial charge in [0.15, 0.2) is 5.82 Å². The van der Waals surface area contributed by atoms with Crippen molar-refractivity contribution in [2.45, 2.75) is 31.8 Å². The van der Waals surface area contributed by atoms with Crippen LogP contribution in [-0.2, 0) is 4.74 Å². The maximum absolute atomic E-state index is 12.4. The predicted molar refractivity (Wildman–Crippen MR) is 96.1 cm³/mol. The first-order valence-electron chi connectivity index (χ1n) is 8.99. The maximum atomic E-state index is 12.4. The second kappa shape index (κ2) is 7.28. The average Bonchev–Trinajstić information content (AvgIpc) is 3.38. The van der Waals surface area contributed by atoms with Crippen LogP contribution in [0.2, 0.25) is 0 Å². The predicted octanol–water partition coefficient (Wildman–Crippen LogP) is 1.73. The monoisotopic (exact) mass is 357 g/mol. The molecule has 1 saturated carbocycles. The van der Waals surface area contributed by atoms with Gasteiger partial charge in [-0.2, -0.15) is 0 Å². The van der Waals surface area contributed by atoms with E-state index in [4.69, 9.17) is 4.74 Å². The van der Waals surface area contributed by atoms with Gasteiger partial charge in [-0.05, 0) is 48.4 Å². The summed E-state index contributed by atoms with van der Waals surface area (Å²) in [5.41, 5.74) is 1.83. The van der Waals surface area contributed by atoms with Crippen molar-refractivity contribution >= 4 is 17.4 Å². The fraction of sp³-hybridized carbons (Fsp3) is 0.529. The molecule has 2 aliphatic rings. The molecule has 1 saturated heterocycles. The van der Waals surface area contributed by atoms with Gasteiger partial charge < -0.3 is 20.3 Å². The first kappa shape index (κ1) is 16.8. The molecule has 2 aromatic rings. The molecule has 0 spiro atoms. The Morgan fingerprint density at radius 3 is 2.88 bits per heavy atom. The highest BCUT2D eigenvalue weighted by Gasteiger charge is 2.29. The zero-order valence-electron chi connectivity index (χ0n) is 14.8. The minimum atomic E-state index is -0.276. The molecule has 2 amide bonds. The normalized spacial score (nSPS) is 18.4. The summed E-state index contributed by atoms with van der Waals surface area (Å²) in [7, 11) is 0. The summed E-state index contributed by atoms with van der Waals surface area (Å²) in [6, 6.07) is 7.66. The second-order valence-electron chi connectivity index (χ2n) is 6.68. The highest BCUT2D eigenvalue weighted by Crippen LogP contribution is 2.35. The van der Waals surface area contributed by atoms with Crippen LogP contribution in [0.15, 0.2) is 24.3 Å². The zero-order chi connectivity index (χ0) is 17.9. The van der Waals surface area contributed by atoms with E-state index in [1.807, 2.05) is 35.9 Å². The highest BCUT2D eigenvalue weighted by atomic mass is 16.5. The van der Waals surface area contributed by atoms with Gasteiger partial charge in [0.2, 0.25) is 0 Å². The fourth-order valence-corrected chi connectivity index (χ4v) is 3.10. The number of nitrogens with one attached hydrogen (secondary N) is 2. The Balaban J connectivity index is 1.37. The third-order valence-electron chi connectivity index (χ3n) is 4.63. The maximum Gasteiger partial charge on any atom is 0.319 e. The number of carbonyl (C=O) groups excluding carboxylic acids is 1. The number of nitrogens with zero attached hydrogens (tertiary/aromatic N) is 5. The quantitative estimate of drug-likeness (QED) is 0.846. The lowest BCUT2D eigenvalue weighted by Gasteiger charge is -2.29. The number of benzene rings is 1. The Morgan fingerprint density at radius 2 is 2.12 bits per heavy atom. The number of amides is 2. The van der Waals surface area contributed by atoms with Gasteiger partial charge in [-0.15, -0.1) is 5.10 Å². The lowest BCUT2D eigenvalue weighted by molar-refractivity contribution is 0.122. The molecule has 1 atom stereocenters. The van der Waals surface area contributed by atoms with Crippen molar-refractivity contribution in [3.05, 3.63) is 30.1 Å². The van der Waals surface area contributed by atoms with E-state index in [2.05, 4.69) is 31.1 Å². The smallest absolute Gasteiger partial charge is 0.319 e. The van der Waals surface area contributed by atoms with E-state index < -0.39 is 0 Å². The van der Waals surface area contributed by atoms with Crippen LogP contribution in [0.25, 0.3) is 0 Å². The highest BCUT2D eigenvalue weighted by molar-refractivity contribution is 5.90. The third kappa shape index (κ3) is 3.77. The molecule has 2 N–H and O–H groups in total. The largest absolute Gasteiger partial charge is 0.378 e. The van der Waals surface area contributed by atoms with Crippen molar-refractivity contribution in [3.8, 4) is 0 Å². The lowest BCUT2D eigenvalue weighted by Crippen LogP contribution is -2.36. The van der Waals surface area contributed by atoms with Crippen molar-refractivity contribution in [1.82, 2.24) is 25.5 Å². The van der Waals surface area contributed by atoms with Crippen LogP contribution in [0.4, 0.5) is 16.2 Å².